The minimum atomic E-state index is -3.75. The smallest absolute Gasteiger partial charge is 0.302 e. The first-order valence-electron chi connectivity index (χ1n) is 8.97. The van der Waals surface area contributed by atoms with Crippen LogP contribution in [0.25, 0.3) is 0 Å². The van der Waals surface area contributed by atoms with E-state index in [4.69, 9.17) is 13.9 Å². The molecule has 0 aliphatic carbocycles. The SMILES string of the molecule is CCCCN1CCN(C)C1.CCCCOP(=O)(O)OCCCC. The summed E-state index contributed by atoms with van der Waals surface area (Å²) in [5, 5.41) is 0. The maximum atomic E-state index is 11.1. The van der Waals surface area contributed by atoms with E-state index in [1.54, 1.807) is 0 Å². The van der Waals surface area contributed by atoms with Crippen LogP contribution < -0.4 is 0 Å². The van der Waals surface area contributed by atoms with Gasteiger partial charge in [-0.25, -0.2) is 4.57 Å². The molecule has 140 valence electrons. The Morgan fingerprint density at radius 1 is 0.957 bits per heavy atom. The Balaban J connectivity index is 0.000000433. The second-order valence-electron chi connectivity index (χ2n) is 6.03. The number of phosphoric acid groups is 1. The van der Waals surface area contributed by atoms with Crippen LogP contribution in [0.2, 0.25) is 0 Å². The highest BCUT2D eigenvalue weighted by atomic mass is 31.2. The fraction of sp³-hybridized carbons (Fsp3) is 1.00. The van der Waals surface area contributed by atoms with E-state index in [0.29, 0.717) is 0 Å². The molecule has 1 aliphatic rings. The van der Waals surface area contributed by atoms with Crippen molar-refractivity contribution < 1.29 is 18.5 Å². The van der Waals surface area contributed by atoms with Crippen LogP contribution in [0, 0.1) is 0 Å². The summed E-state index contributed by atoms with van der Waals surface area (Å²) in [7, 11) is -1.57. The van der Waals surface area contributed by atoms with Gasteiger partial charge in [0.1, 0.15) is 0 Å². The molecule has 0 atom stereocenters. The highest BCUT2D eigenvalue weighted by Gasteiger charge is 2.19. The van der Waals surface area contributed by atoms with Crippen LogP contribution >= 0.6 is 7.82 Å². The molecule has 0 amide bonds. The fourth-order valence-corrected chi connectivity index (χ4v) is 2.84. The molecule has 1 rings (SSSR count). The van der Waals surface area contributed by atoms with Crippen LogP contribution in [0.15, 0.2) is 0 Å². The van der Waals surface area contributed by atoms with Gasteiger partial charge in [0.25, 0.3) is 0 Å². The van der Waals surface area contributed by atoms with Gasteiger partial charge >= 0.3 is 7.82 Å². The van der Waals surface area contributed by atoms with Gasteiger partial charge < -0.3 is 4.89 Å². The second kappa shape index (κ2) is 14.4. The molecular weight excluding hydrogens is 315 g/mol. The summed E-state index contributed by atoms with van der Waals surface area (Å²) >= 11 is 0. The first-order chi connectivity index (χ1) is 10.9. The van der Waals surface area contributed by atoms with Crippen LogP contribution in [-0.2, 0) is 13.6 Å². The van der Waals surface area contributed by atoms with Crippen molar-refractivity contribution in [3.63, 3.8) is 0 Å². The molecule has 0 aromatic heterocycles. The third-order valence-corrected chi connectivity index (χ3v) is 4.59. The zero-order valence-electron chi connectivity index (χ0n) is 15.5. The van der Waals surface area contributed by atoms with Crippen LogP contribution in [0.3, 0.4) is 0 Å². The average molecular weight is 352 g/mol. The third kappa shape index (κ3) is 14.1. The Morgan fingerprint density at radius 3 is 1.87 bits per heavy atom. The van der Waals surface area contributed by atoms with Gasteiger partial charge in [0.05, 0.1) is 19.9 Å². The third-order valence-electron chi connectivity index (χ3n) is 3.57. The van der Waals surface area contributed by atoms with E-state index < -0.39 is 7.82 Å². The van der Waals surface area contributed by atoms with Crippen LogP contribution in [0.1, 0.15) is 59.3 Å². The summed E-state index contributed by atoms with van der Waals surface area (Å²) in [5.41, 5.74) is 0. The van der Waals surface area contributed by atoms with Gasteiger partial charge in [0.15, 0.2) is 0 Å². The van der Waals surface area contributed by atoms with E-state index in [9.17, 15) is 4.57 Å². The number of hydrogen-bond acceptors (Lipinski definition) is 5. The molecule has 1 heterocycles. The summed E-state index contributed by atoms with van der Waals surface area (Å²) in [5.74, 6) is 0. The molecule has 0 bridgehead atoms. The molecule has 1 fully saturated rings. The largest absolute Gasteiger partial charge is 0.472 e. The molecule has 7 heteroatoms. The summed E-state index contributed by atoms with van der Waals surface area (Å²) in [4.78, 5) is 14.0. The van der Waals surface area contributed by atoms with Gasteiger partial charge in [0.2, 0.25) is 0 Å². The first kappa shape index (κ1) is 23.0. The molecule has 6 nitrogen and oxygen atoms in total. The normalized spacial score (nSPS) is 16.4. The van der Waals surface area contributed by atoms with Crippen molar-refractivity contribution >= 4 is 7.82 Å². The van der Waals surface area contributed by atoms with E-state index in [0.717, 1.165) is 25.7 Å². The van der Waals surface area contributed by atoms with Crippen molar-refractivity contribution in [1.29, 1.82) is 0 Å². The number of rotatable bonds is 11. The summed E-state index contributed by atoms with van der Waals surface area (Å²) in [6, 6.07) is 0. The topological polar surface area (TPSA) is 62.2 Å². The van der Waals surface area contributed by atoms with Crippen molar-refractivity contribution in [2.45, 2.75) is 59.3 Å². The molecule has 0 spiro atoms. The lowest BCUT2D eigenvalue weighted by molar-refractivity contribution is 0.146. The van der Waals surface area contributed by atoms with Gasteiger partial charge in [-0.05, 0) is 32.9 Å². The predicted molar refractivity (Wildman–Crippen MR) is 95.5 cm³/mol. The Hall–Kier alpha value is 0.0300. The van der Waals surface area contributed by atoms with Crippen LogP contribution in [0.4, 0.5) is 0 Å². The standard InChI is InChI=1S/C8H18N2.C8H19O4P/c1-3-4-5-10-7-6-9(2)8-10;1-3-5-7-11-13(9,10)12-8-6-4-2/h3-8H2,1-2H3;3-8H2,1-2H3,(H,9,10). The molecule has 0 radical (unpaired) electrons. The summed E-state index contributed by atoms with van der Waals surface area (Å²) in [6.45, 7) is 11.8. The molecule has 0 aromatic rings. The van der Waals surface area contributed by atoms with E-state index in [1.165, 1.54) is 39.1 Å². The molecule has 23 heavy (non-hydrogen) atoms. The molecule has 1 saturated heterocycles. The zero-order chi connectivity index (χ0) is 17.6. The number of nitrogens with zero attached hydrogens (tertiary/aromatic N) is 2. The zero-order valence-corrected chi connectivity index (χ0v) is 16.4. The monoisotopic (exact) mass is 352 g/mol. The van der Waals surface area contributed by atoms with E-state index >= 15 is 0 Å². The molecule has 0 unspecified atom stereocenters. The van der Waals surface area contributed by atoms with Gasteiger partial charge in [0, 0.05) is 13.1 Å². The van der Waals surface area contributed by atoms with Gasteiger partial charge in [-0.15, -0.1) is 0 Å². The molecule has 1 N–H and O–H groups in total. The van der Waals surface area contributed by atoms with Gasteiger partial charge in [-0.2, -0.15) is 0 Å². The molecule has 1 aliphatic heterocycles. The van der Waals surface area contributed by atoms with Crippen molar-refractivity contribution in [3.8, 4) is 0 Å². The average Bonchev–Trinajstić information content (AvgIpc) is 2.92. The van der Waals surface area contributed by atoms with Gasteiger partial charge in [-0.1, -0.05) is 40.0 Å². The van der Waals surface area contributed by atoms with Crippen molar-refractivity contribution in [2.24, 2.45) is 0 Å². The van der Waals surface area contributed by atoms with Crippen molar-refractivity contribution in [3.05, 3.63) is 0 Å². The Kier molecular flexibility index (Phi) is 14.4. The van der Waals surface area contributed by atoms with Crippen LogP contribution in [-0.4, -0.2) is 61.3 Å². The van der Waals surface area contributed by atoms with Crippen molar-refractivity contribution in [2.75, 3.05) is 46.6 Å². The first-order valence-corrected chi connectivity index (χ1v) is 10.5. The van der Waals surface area contributed by atoms with Crippen LogP contribution in [0.5, 0.6) is 0 Å². The van der Waals surface area contributed by atoms with E-state index in [1.807, 2.05) is 13.8 Å². The summed E-state index contributed by atoms with van der Waals surface area (Å²) < 4.78 is 20.5. The Labute approximate surface area is 142 Å². The van der Waals surface area contributed by atoms with Gasteiger partial charge in [-0.3, -0.25) is 18.8 Å². The lowest BCUT2D eigenvalue weighted by atomic mass is 10.3. The number of phosphoric ester groups is 1. The Bertz CT molecular complexity index is 304. The van der Waals surface area contributed by atoms with E-state index in [2.05, 4.69) is 23.8 Å². The maximum Gasteiger partial charge on any atom is 0.472 e. The maximum absolute atomic E-state index is 11.1. The minimum Gasteiger partial charge on any atom is -0.302 e. The molecule has 0 aromatic carbocycles. The predicted octanol–water partition coefficient (Wildman–Crippen LogP) is 3.71. The van der Waals surface area contributed by atoms with Crippen molar-refractivity contribution in [1.82, 2.24) is 9.80 Å². The number of unbranched alkanes of at least 4 members (excludes halogenated alkanes) is 3. The molecular formula is C16H37N2O4P. The highest BCUT2D eigenvalue weighted by Crippen LogP contribution is 2.43. The number of hydrogen-bond donors (Lipinski definition) is 1. The van der Waals surface area contributed by atoms with E-state index in [-0.39, 0.29) is 13.2 Å². The highest BCUT2D eigenvalue weighted by molar-refractivity contribution is 7.47. The molecule has 0 saturated carbocycles. The Morgan fingerprint density at radius 2 is 1.48 bits per heavy atom. The lowest BCUT2D eigenvalue weighted by Crippen LogP contribution is -2.23. The fourth-order valence-electron chi connectivity index (χ4n) is 2.04. The number of likely N-dealkylation sites (N-methyl/N-ethyl adjacent to an activating group) is 1. The second-order valence-corrected chi connectivity index (χ2v) is 7.49. The quantitative estimate of drug-likeness (QED) is 0.452. The minimum absolute atomic E-state index is 0.288. The lowest BCUT2D eigenvalue weighted by Gasteiger charge is -2.13. The summed E-state index contributed by atoms with van der Waals surface area (Å²) in [6.07, 6.45) is 6.11.